The third kappa shape index (κ3) is 6.21. The summed E-state index contributed by atoms with van der Waals surface area (Å²) in [4.78, 5) is 23.8. The highest BCUT2D eigenvalue weighted by molar-refractivity contribution is 7.91. The molecule has 1 amide bonds. The van der Waals surface area contributed by atoms with E-state index in [4.69, 9.17) is 0 Å². The highest BCUT2D eigenvalue weighted by atomic mass is 32.2. The minimum atomic E-state index is -3.25. The molecule has 7 heteroatoms. The van der Waals surface area contributed by atoms with Crippen LogP contribution in [0.15, 0.2) is 59.5 Å². The van der Waals surface area contributed by atoms with E-state index in [0.29, 0.717) is 6.42 Å². The number of aryl methyl sites for hydroxylation is 1. The van der Waals surface area contributed by atoms with Crippen LogP contribution in [0, 0.1) is 0 Å². The van der Waals surface area contributed by atoms with Gasteiger partial charge in [-0.2, -0.15) is 0 Å². The fraction of sp³-hybridized carbons (Fsp3) is 0.300. The number of carbonyl (C=O) groups is 2. The number of amides is 1. The zero-order chi connectivity index (χ0) is 19.9. The number of carbonyl (C=O) groups excluding carboxylic acids is 1. The van der Waals surface area contributed by atoms with Crippen molar-refractivity contribution in [2.75, 3.05) is 5.75 Å². The first kappa shape index (κ1) is 20.6. The summed E-state index contributed by atoms with van der Waals surface area (Å²) in [6, 6.07) is 14.5. The molecule has 6 nitrogen and oxygen atoms in total. The van der Waals surface area contributed by atoms with E-state index in [1.165, 1.54) is 12.1 Å². The lowest BCUT2D eigenvalue weighted by Crippen LogP contribution is -2.42. The monoisotopic (exact) mass is 389 g/mol. The topological polar surface area (TPSA) is 101 Å². The van der Waals surface area contributed by atoms with Crippen molar-refractivity contribution in [3.05, 3.63) is 65.7 Å². The van der Waals surface area contributed by atoms with Gasteiger partial charge in [-0.25, -0.2) is 13.2 Å². The average molecular weight is 389 g/mol. The van der Waals surface area contributed by atoms with Crippen LogP contribution < -0.4 is 5.32 Å². The quantitative estimate of drug-likeness (QED) is 0.685. The van der Waals surface area contributed by atoms with Gasteiger partial charge >= 0.3 is 5.97 Å². The fourth-order valence-electron chi connectivity index (χ4n) is 2.60. The molecule has 0 aliphatic rings. The summed E-state index contributed by atoms with van der Waals surface area (Å²) >= 11 is 0. The van der Waals surface area contributed by atoms with E-state index in [1.54, 1.807) is 19.1 Å². The Morgan fingerprint density at radius 3 is 2.19 bits per heavy atom. The Kier molecular flexibility index (Phi) is 7.12. The molecule has 2 rings (SSSR count). The van der Waals surface area contributed by atoms with Crippen molar-refractivity contribution in [3.63, 3.8) is 0 Å². The van der Waals surface area contributed by atoms with Crippen molar-refractivity contribution < 1.29 is 23.1 Å². The second-order valence-electron chi connectivity index (χ2n) is 6.20. The standard InChI is InChI=1S/C20H23NO5S/c1-2-27(25,26)17-11-8-15(9-12-17)10-13-19(22)21-18(20(23)24)14-16-6-4-3-5-7-16/h3-9,11-12,18H,2,10,13-14H2,1H3,(H,21,22)(H,23,24)/t18-/m1/s1. The molecule has 27 heavy (non-hydrogen) atoms. The van der Waals surface area contributed by atoms with E-state index in [-0.39, 0.29) is 29.4 Å². The van der Waals surface area contributed by atoms with E-state index in [0.717, 1.165) is 11.1 Å². The molecule has 0 spiro atoms. The minimum Gasteiger partial charge on any atom is -0.480 e. The zero-order valence-electron chi connectivity index (χ0n) is 15.1. The minimum absolute atomic E-state index is 0.0345. The van der Waals surface area contributed by atoms with Crippen LogP contribution >= 0.6 is 0 Å². The van der Waals surface area contributed by atoms with Crippen molar-refractivity contribution >= 4 is 21.7 Å². The number of benzene rings is 2. The molecule has 144 valence electrons. The normalized spacial score (nSPS) is 12.3. The van der Waals surface area contributed by atoms with Crippen molar-refractivity contribution in [2.45, 2.75) is 37.1 Å². The van der Waals surface area contributed by atoms with Crippen LogP contribution in [0.1, 0.15) is 24.5 Å². The zero-order valence-corrected chi connectivity index (χ0v) is 15.9. The van der Waals surface area contributed by atoms with Crippen molar-refractivity contribution in [3.8, 4) is 0 Å². The number of sulfone groups is 1. The second kappa shape index (κ2) is 9.32. The summed E-state index contributed by atoms with van der Waals surface area (Å²) in [6.07, 6.45) is 0.736. The van der Waals surface area contributed by atoms with Crippen LogP contribution in [0.5, 0.6) is 0 Å². The molecule has 0 heterocycles. The number of hydrogen-bond donors (Lipinski definition) is 2. The Morgan fingerprint density at radius 1 is 1.00 bits per heavy atom. The smallest absolute Gasteiger partial charge is 0.326 e. The molecule has 0 fully saturated rings. The molecule has 0 bridgehead atoms. The third-order valence-corrected chi connectivity index (χ3v) is 5.97. The molecule has 0 unspecified atom stereocenters. The van der Waals surface area contributed by atoms with Gasteiger partial charge in [-0.1, -0.05) is 49.4 Å². The maximum absolute atomic E-state index is 12.1. The van der Waals surface area contributed by atoms with Gasteiger partial charge in [0.25, 0.3) is 0 Å². The molecule has 0 saturated heterocycles. The van der Waals surface area contributed by atoms with Gasteiger partial charge in [-0.15, -0.1) is 0 Å². The first-order valence-corrected chi connectivity index (χ1v) is 10.3. The number of hydrogen-bond acceptors (Lipinski definition) is 4. The van der Waals surface area contributed by atoms with Crippen LogP contribution in [0.3, 0.4) is 0 Å². The summed E-state index contributed by atoms with van der Waals surface area (Å²) in [5.74, 6) is -1.41. The Hall–Kier alpha value is -2.67. The van der Waals surface area contributed by atoms with Gasteiger partial charge in [-0.3, -0.25) is 4.79 Å². The second-order valence-corrected chi connectivity index (χ2v) is 8.47. The largest absolute Gasteiger partial charge is 0.480 e. The van der Waals surface area contributed by atoms with E-state index in [1.807, 2.05) is 30.3 Å². The summed E-state index contributed by atoms with van der Waals surface area (Å²) < 4.78 is 23.6. The van der Waals surface area contributed by atoms with Crippen LogP contribution in [0.2, 0.25) is 0 Å². The predicted octanol–water partition coefficient (Wildman–Crippen LogP) is 2.22. The van der Waals surface area contributed by atoms with Crippen molar-refractivity contribution in [1.29, 1.82) is 0 Å². The molecular formula is C20H23NO5S. The van der Waals surface area contributed by atoms with E-state index in [2.05, 4.69) is 5.32 Å². The summed E-state index contributed by atoms with van der Waals surface area (Å²) in [7, 11) is -3.25. The molecule has 0 saturated carbocycles. The molecule has 0 aliphatic carbocycles. The third-order valence-electron chi connectivity index (χ3n) is 4.22. The summed E-state index contributed by atoms with van der Waals surface area (Å²) in [6.45, 7) is 1.59. The highest BCUT2D eigenvalue weighted by Crippen LogP contribution is 2.13. The van der Waals surface area contributed by atoms with Gasteiger partial charge in [0.2, 0.25) is 5.91 Å². The van der Waals surface area contributed by atoms with E-state index >= 15 is 0 Å². The van der Waals surface area contributed by atoms with Crippen LogP contribution in [-0.2, 0) is 32.3 Å². The van der Waals surface area contributed by atoms with Crippen LogP contribution in [-0.4, -0.2) is 37.2 Å². The fourth-order valence-corrected chi connectivity index (χ4v) is 3.49. The van der Waals surface area contributed by atoms with Crippen LogP contribution in [0.4, 0.5) is 0 Å². The predicted molar refractivity (Wildman–Crippen MR) is 102 cm³/mol. The molecular weight excluding hydrogens is 366 g/mol. The van der Waals surface area contributed by atoms with Gasteiger partial charge in [0.1, 0.15) is 6.04 Å². The van der Waals surface area contributed by atoms with Crippen molar-refractivity contribution in [1.82, 2.24) is 5.32 Å². The van der Waals surface area contributed by atoms with E-state index < -0.39 is 21.8 Å². The Morgan fingerprint density at radius 2 is 1.63 bits per heavy atom. The Bertz CT molecular complexity index is 876. The van der Waals surface area contributed by atoms with Crippen molar-refractivity contribution in [2.24, 2.45) is 0 Å². The Balaban J connectivity index is 1.91. The van der Waals surface area contributed by atoms with Gasteiger partial charge < -0.3 is 10.4 Å². The first-order chi connectivity index (χ1) is 12.8. The first-order valence-electron chi connectivity index (χ1n) is 8.69. The SMILES string of the molecule is CCS(=O)(=O)c1ccc(CCC(=O)N[C@H](Cc2ccccc2)C(=O)O)cc1. The number of carboxylic acid groups (broad SMARTS) is 1. The Labute approximate surface area is 159 Å². The molecule has 2 aromatic carbocycles. The number of carboxylic acids is 1. The molecule has 0 aliphatic heterocycles. The maximum atomic E-state index is 12.1. The number of rotatable bonds is 9. The van der Waals surface area contributed by atoms with E-state index in [9.17, 15) is 23.1 Å². The highest BCUT2D eigenvalue weighted by Gasteiger charge is 2.20. The lowest BCUT2D eigenvalue weighted by molar-refractivity contribution is -0.141. The van der Waals surface area contributed by atoms with Crippen LogP contribution in [0.25, 0.3) is 0 Å². The molecule has 0 aromatic heterocycles. The lowest BCUT2D eigenvalue weighted by atomic mass is 10.1. The molecule has 2 aromatic rings. The van der Waals surface area contributed by atoms with Gasteiger partial charge in [-0.05, 0) is 29.7 Å². The number of nitrogens with one attached hydrogen (secondary N) is 1. The summed E-state index contributed by atoms with van der Waals surface area (Å²) in [5.41, 5.74) is 1.65. The molecule has 0 radical (unpaired) electrons. The average Bonchev–Trinajstić information content (AvgIpc) is 2.67. The molecule has 2 N–H and O–H groups in total. The van der Waals surface area contributed by atoms with Gasteiger partial charge in [0, 0.05) is 12.8 Å². The maximum Gasteiger partial charge on any atom is 0.326 e. The molecule has 1 atom stereocenters. The van der Waals surface area contributed by atoms with Gasteiger partial charge in [0.15, 0.2) is 9.84 Å². The lowest BCUT2D eigenvalue weighted by Gasteiger charge is -2.14. The van der Waals surface area contributed by atoms with Gasteiger partial charge in [0.05, 0.1) is 10.6 Å². The number of aliphatic carboxylic acids is 1. The summed E-state index contributed by atoms with van der Waals surface area (Å²) in [5, 5.41) is 11.9.